The molecule has 0 aromatic heterocycles. The summed E-state index contributed by atoms with van der Waals surface area (Å²) in [7, 11) is 1.74. The van der Waals surface area contributed by atoms with Crippen LogP contribution in [0, 0.1) is 15.5 Å². The molecule has 1 rings (SSSR count). The van der Waals surface area contributed by atoms with Gasteiger partial charge in [0.1, 0.15) is 0 Å². The fourth-order valence-electron chi connectivity index (χ4n) is 1.07. The van der Waals surface area contributed by atoms with E-state index in [1.54, 1.807) is 39.1 Å². The lowest BCUT2D eigenvalue weighted by Gasteiger charge is -2.17. The molecule has 0 fully saturated rings. The first-order chi connectivity index (χ1) is 8.31. The van der Waals surface area contributed by atoms with Crippen molar-refractivity contribution in [3.63, 3.8) is 0 Å². The van der Waals surface area contributed by atoms with Crippen molar-refractivity contribution in [3.8, 4) is 0 Å². The highest BCUT2D eigenvalue weighted by atomic mass is 16.6. The summed E-state index contributed by atoms with van der Waals surface area (Å²) in [6.07, 6.45) is 0. The molecule has 0 aliphatic heterocycles. The summed E-state index contributed by atoms with van der Waals surface area (Å²) >= 11 is 0. The largest absolute Gasteiger partial charge is 0.481 e. The van der Waals surface area contributed by atoms with E-state index >= 15 is 0 Å². The maximum atomic E-state index is 10.4. The second-order valence-electron chi connectivity index (χ2n) is 4.31. The van der Waals surface area contributed by atoms with E-state index in [1.807, 2.05) is 0 Å². The van der Waals surface area contributed by atoms with E-state index in [2.05, 4.69) is 5.32 Å². The van der Waals surface area contributed by atoms with Crippen molar-refractivity contribution in [1.29, 1.82) is 0 Å². The molecule has 6 nitrogen and oxygen atoms in total. The maximum Gasteiger partial charge on any atom is 0.310 e. The van der Waals surface area contributed by atoms with Gasteiger partial charge >= 0.3 is 5.97 Å². The minimum Gasteiger partial charge on any atom is -0.481 e. The SMILES string of the molecule is CNCC(C)(C)C(=O)O.O=[N+]([O-])c1ccccc1. The van der Waals surface area contributed by atoms with Crippen LogP contribution in [0.4, 0.5) is 5.69 Å². The van der Waals surface area contributed by atoms with E-state index in [-0.39, 0.29) is 5.69 Å². The number of benzene rings is 1. The number of nitrogens with one attached hydrogen (secondary N) is 1. The van der Waals surface area contributed by atoms with E-state index < -0.39 is 16.3 Å². The molecule has 0 aliphatic rings. The third-order valence-corrected chi connectivity index (χ3v) is 2.16. The Bertz CT molecular complexity index is 390. The molecule has 2 N–H and O–H groups in total. The zero-order valence-corrected chi connectivity index (χ0v) is 10.7. The van der Waals surface area contributed by atoms with Gasteiger partial charge in [0.25, 0.3) is 5.69 Å². The number of nitro groups is 1. The number of rotatable bonds is 4. The zero-order valence-electron chi connectivity index (χ0n) is 10.7. The fraction of sp³-hybridized carbons (Fsp3) is 0.417. The molecule has 0 bridgehead atoms. The lowest BCUT2D eigenvalue weighted by molar-refractivity contribution is -0.384. The van der Waals surface area contributed by atoms with Crippen LogP contribution in [0.5, 0.6) is 0 Å². The Morgan fingerprint density at radius 1 is 1.39 bits per heavy atom. The molecule has 0 radical (unpaired) electrons. The second-order valence-corrected chi connectivity index (χ2v) is 4.31. The first kappa shape index (κ1) is 16.1. The average molecular weight is 254 g/mol. The van der Waals surface area contributed by atoms with Gasteiger partial charge in [-0.3, -0.25) is 14.9 Å². The number of carboxylic acids is 1. The molecule has 1 aromatic carbocycles. The van der Waals surface area contributed by atoms with Gasteiger partial charge < -0.3 is 10.4 Å². The quantitative estimate of drug-likeness (QED) is 0.632. The Morgan fingerprint density at radius 2 is 1.89 bits per heavy atom. The fourth-order valence-corrected chi connectivity index (χ4v) is 1.07. The summed E-state index contributed by atoms with van der Waals surface area (Å²) in [5, 5.41) is 21.3. The van der Waals surface area contributed by atoms with Gasteiger partial charge in [-0.15, -0.1) is 0 Å². The highest BCUT2D eigenvalue weighted by molar-refractivity contribution is 5.73. The smallest absolute Gasteiger partial charge is 0.310 e. The third kappa shape index (κ3) is 5.95. The van der Waals surface area contributed by atoms with Gasteiger partial charge in [-0.25, -0.2) is 0 Å². The van der Waals surface area contributed by atoms with Crippen LogP contribution in [0.1, 0.15) is 13.8 Å². The number of hydrogen-bond donors (Lipinski definition) is 2. The number of aliphatic carboxylic acids is 1. The van der Waals surface area contributed by atoms with Gasteiger partial charge in [-0.05, 0) is 20.9 Å². The van der Waals surface area contributed by atoms with Crippen LogP contribution in [0.2, 0.25) is 0 Å². The van der Waals surface area contributed by atoms with E-state index in [9.17, 15) is 14.9 Å². The van der Waals surface area contributed by atoms with Gasteiger partial charge in [-0.1, -0.05) is 18.2 Å². The van der Waals surface area contributed by atoms with Crippen molar-refractivity contribution in [2.24, 2.45) is 5.41 Å². The van der Waals surface area contributed by atoms with Crippen molar-refractivity contribution in [2.45, 2.75) is 13.8 Å². The Kier molecular flexibility index (Phi) is 6.59. The monoisotopic (exact) mass is 254 g/mol. The molecule has 0 unspecified atom stereocenters. The normalized spacial score (nSPS) is 10.2. The van der Waals surface area contributed by atoms with Gasteiger partial charge in [-0.2, -0.15) is 0 Å². The van der Waals surface area contributed by atoms with Gasteiger partial charge in [0.2, 0.25) is 0 Å². The van der Waals surface area contributed by atoms with Crippen molar-refractivity contribution in [3.05, 3.63) is 40.4 Å². The predicted molar refractivity (Wildman–Crippen MR) is 68.4 cm³/mol. The van der Waals surface area contributed by atoms with Crippen molar-refractivity contribution >= 4 is 11.7 Å². The number of nitro benzene ring substituents is 1. The Hall–Kier alpha value is -1.95. The highest BCUT2D eigenvalue weighted by Crippen LogP contribution is 2.12. The maximum absolute atomic E-state index is 10.4. The lowest BCUT2D eigenvalue weighted by Crippen LogP contribution is -2.34. The zero-order chi connectivity index (χ0) is 14.2. The average Bonchev–Trinajstić information content (AvgIpc) is 2.30. The molecule has 18 heavy (non-hydrogen) atoms. The van der Waals surface area contributed by atoms with Crippen LogP contribution < -0.4 is 5.32 Å². The standard InChI is InChI=1S/C6H5NO2.C6H13NO2/c8-7(9)6-4-2-1-3-5-6;1-6(2,4-7-3)5(8)9/h1-5H;7H,4H2,1-3H3,(H,8,9). The Morgan fingerprint density at radius 3 is 2.11 bits per heavy atom. The number of nitrogens with zero attached hydrogens (tertiary/aromatic N) is 1. The van der Waals surface area contributed by atoms with Crippen LogP contribution in [0.25, 0.3) is 0 Å². The molecule has 0 saturated carbocycles. The van der Waals surface area contributed by atoms with Crippen molar-refractivity contribution in [1.82, 2.24) is 5.32 Å². The number of hydrogen-bond acceptors (Lipinski definition) is 4. The number of carbonyl (C=O) groups is 1. The van der Waals surface area contributed by atoms with Crippen molar-refractivity contribution < 1.29 is 14.8 Å². The van der Waals surface area contributed by atoms with Crippen LogP contribution in [-0.4, -0.2) is 29.6 Å². The molecular weight excluding hydrogens is 236 g/mol. The second kappa shape index (κ2) is 7.39. The molecule has 0 spiro atoms. The molecule has 0 amide bonds. The van der Waals surface area contributed by atoms with Gasteiger partial charge in [0.15, 0.2) is 0 Å². The van der Waals surface area contributed by atoms with E-state index in [4.69, 9.17) is 5.11 Å². The lowest BCUT2D eigenvalue weighted by atomic mass is 9.94. The summed E-state index contributed by atoms with van der Waals surface area (Å²) in [4.78, 5) is 20.0. The molecule has 0 saturated heterocycles. The van der Waals surface area contributed by atoms with Crippen molar-refractivity contribution in [2.75, 3.05) is 13.6 Å². The first-order valence-electron chi connectivity index (χ1n) is 5.38. The molecule has 0 aliphatic carbocycles. The summed E-state index contributed by atoms with van der Waals surface area (Å²) in [6, 6.07) is 7.93. The number of carboxylic acid groups (broad SMARTS) is 1. The molecular formula is C12H18N2O4. The summed E-state index contributed by atoms with van der Waals surface area (Å²) in [5.74, 6) is -0.767. The summed E-state index contributed by atoms with van der Waals surface area (Å²) in [5.41, 5.74) is -0.508. The van der Waals surface area contributed by atoms with E-state index in [1.165, 1.54) is 12.1 Å². The first-order valence-corrected chi connectivity index (χ1v) is 5.38. The van der Waals surface area contributed by atoms with Crippen LogP contribution in [0.3, 0.4) is 0 Å². The highest BCUT2D eigenvalue weighted by Gasteiger charge is 2.25. The van der Waals surface area contributed by atoms with Gasteiger partial charge in [0, 0.05) is 18.7 Å². The molecule has 0 heterocycles. The minimum atomic E-state index is -0.767. The molecule has 1 aromatic rings. The Labute approximate surface area is 106 Å². The topological polar surface area (TPSA) is 92.5 Å². The van der Waals surface area contributed by atoms with Crippen LogP contribution in [0.15, 0.2) is 30.3 Å². The predicted octanol–water partition coefficient (Wildman–Crippen LogP) is 1.91. The molecule has 100 valence electrons. The van der Waals surface area contributed by atoms with E-state index in [0.717, 1.165) is 0 Å². The molecule has 6 heteroatoms. The van der Waals surface area contributed by atoms with E-state index in [0.29, 0.717) is 6.54 Å². The summed E-state index contributed by atoms with van der Waals surface area (Å²) < 4.78 is 0. The number of para-hydroxylation sites is 1. The number of non-ortho nitro benzene ring substituents is 1. The summed E-state index contributed by atoms with van der Waals surface area (Å²) in [6.45, 7) is 3.88. The Balaban J connectivity index is 0.000000321. The van der Waals surface area contributed by atoms with Crippen LogP contribution >= 0.6 is 0 Å². The van der Waals surface area contributed by atoms with Crippen LogP contribution in [-0.2, 0) is 4.79 Å². The van der Waals surface area contributed by atoms with Gasteiger partial charge in [0.05, 0.1) is 10.3 Å². The minimum absolute atomic E-state index is 0.137. The third-order valence-electron chi connectivity index (χ3n) is 2.16. The molecule has 0 atom stereocenters.